The molecule has 5 nitrogen and oxygen atoms in total. The Hall–Kier alpha value is -0.620. The Balaban J connectivity index is 2.22. The summed E-state index contributed by atoms with van der Waals surface area (Å²) in [5, 5.41) is 2.77. The molecule has 2 heterocycles. The Bertz CT molecular complexity index is 379. The first-order valence-corrected chi connectivity index (χ1v) is 6.94. The van der Waals surface area contributed by atoms with Crippen molar-refractivity contribution >= 4 is 15.7 Å². The Morgan fingerprint density at radius 1 is 1.47 bits per heavy atom. The molecule has 2 aliphatic rings. The van der Waals surface area contributed by atoms with Gasteiger partial charge in [-0.15, -0.1) is 0 Å². The van der Waals surface area contributed by atoms with Gasteiger partial charge in [-0.05, 0) is 19.9 Å². The molecule has 0 aromatic rings. The molecule has 0 bridgehead atoms. The first-order chi connectivity index (χ1) is 6.94. The summed E-state index contributed by atoms with van der Waals surface area (Å²) in [6.45, 7) is 0.761. The normalized spacial score (nSPS) is 36.5. The van der Waals surface area contributed by atoms with Gasteiger partial charge in [-0.3, -0.25) is 9.69 Å². The lowest BCUT2D eigenvalue weighted by Gasteiger charge is -2.46. The maximum Gasteiger partial charge on any atom is 0.234 e. The van der Waals surface area contributed by atoms with Crippen LogP contribution in [0.25, 0.3) is 0 Å². The molecule has 2 fully saturated rings. The summed E-state index contributed by atoms with van der Waals surface area (Å²) in [7, 11) is -1.10. The molecule has 0 saturated carbocycles. The van der Waals surface area contributed by atoms with Crippen LogP contribution >= 0.6 is 0 Å². The smallest absolute Gasteiger partial charge is 0.234 e. The van der Waals surface area contributed by atoms with Gasteiger partial charge in [0, 0.05) is 6.54 Å². The molecule has 15 heavy (non-hydrogen) atoms. The van der Waals surface area contributed by atoms with Gasteiger partial charge in [-0.1, -0.05) is 0 Å². The van der Waals surface area contributed by atoms with Crippen LogP contribution in [0.3, 0.4) is 0 Å². The van der Waals surface area contributed by atoms with Gasteiger partial charge in [0.15, 0.2) is 9.84 Å². The molecule has 1 atom stereocenters. The second kappa shape index (κ2) is 3.45. The summed E-state index contributed by atoms with van der Waals surface area (Å²) < 4.78 is 23.2. The summed E-state index contributed by atoms with van der Waals surface area (Å²) >= 11 is 0. The van der Waals surface area contributed by atoms with Gasteiger partial charge in [-0.2, -0.15) is 0 Å². The van der Waals surface area contributed by atoms with Gasteiger partial charge in [-0.25, -0.2) is 8.42 Å². The summed E-state index contributed by atoms with van der Waals surface area (Å²) in [6, 6.07) is 0. The molecule has 0 radical (unpaired) electrons. The monoisotopic (exact) mass is 232 g/mol. The summed E-state index contributed by atoms with van der Waals surface area (Å²) in [6.07, 6.45) is 1.55. The van der Waals surface area contributed by atoms with E-state index in [0.717, 1.165) is 6.42 Å². The minimum Gasteiger partial charge on any atom is -0.353 e. The zero-order chi connectivity index (χ0) is 11.1. The minimum atomic E-state index is -2.93. The third-order valence-corrected chi connectivity index (χ3v) is 5.28. The average molecular weight is 232 g/mol. The highest BCUT2D eigenvalue weighted by Crippen LogP contribution is 2.29. The van der Waals surface area contributed by atoms with Crippen molar-refractivity contribution < 1.29 is 13.2 Å². The van der Waals surface area contributed by atoms with Gasteiger partial charge in [0.2, 0.25) is 5.91 Å². The van der Waals surface area contributed by atoms with Crippen molar-refractivity contribution in [1.82, 2.24) is 10.2 Å². The third kappa shape index (κ3) is 2.01. The van der Waals surface area contributed by atoms with Crippen LogP contribution in [0.2, 0.25) is 0 Å². The van der Waals surface area contributed by atoms with E-state index in [1.165, 1.54) is 0 Å². The van der Waals surface area contributed by atoms with Crippen LogP contribution in [0.5, 0.6) is 0 Å². The van der Waals surface area contributed by atoms with Crippen LogP contribution in [0.4, 0.5) is 0 Å². The Labute approximate surface area is 89.7 Å². The number of piperazine rings is 1. The quantitative estimate of drug-likeness (QED) is 0.581. The van der Waals surface area contributed by atoms with Crippen molar-refractivity contribution in [3.63, 3.8) is 0 Å². The Morgan fingerprint density at radius 3 is 2.80 bits per heavy atom. The van der Waals surface area contributed by atoms with E-state index in [1.807, 2.05) is 11.9 Å². The van der Waals surface area contributed by atoms with Crippen LogP contribution < -0.4 is 5.32 Å². The van der Waals surface area contributed by atoms with Crippen molar-refractivity contribution in [2.24, 2.45) is 0 Å². The van der Waals surface area contributed by atoms with Crippen molar-refractivity contribution in [3.05, 3.63) is 0 Å². The molecule has 1 spiro atoms. The molecular formula is C9H16N2O3S. The molecular weight excluding hydrogens is 216 g/mol. The van der Waals surface area contributed by atoms with E-state index in [9.17, 15) is 13.2 Å². The first kappa shape index (κ1) is 10.9. The number of hydrogen-bond acceptors (Lipinski definition) is 4. The second-order valence-corrected chi connectivity index (χ2v) is 6.74. The van der Waals surface area contributed by atoms with Crippen LogP contribution in [-0.2, 0) is 14.6 Å². The van der Waals surface area contributed by atoms with E-state index in [4.69, 9.17) is 0 Å². The summed E-state index contributed by atoms with van der Waals surface area (Å²) in [5.74, 6) is 0.443. The topological polar surface area (TPSA) is 66.5 Å². The number of amides is 1. The van der Waals surface area contributed by atoms with Gasteiger partial charge >= 0.3 is 0 Å². The molecule has 86 valence electrons. The molecule has 2 saturated heterocycles. The molecule has 2 aliphatic heterocycles. The number of nitrogens with one attached hydrogen (secondary N) is 1. The standard InChI is InChI=1S/C9H16N2O3S/c1-11-5-8(12)10-6-9(11)3-2-4-15(13,14)7-9/h2-7H2,1H3,(H,10,12). The van der Waals surface area contributed by atoms with Crippen molar-refractivity contribution in [2.75, 3.05) is 31.6 Å². The average Bonchev–Trinajstić information content (AvgIpc) is 2.11. The van der Waals surface area contributed by atoms with E-state index in [2.05, 4.69) is 5.32 Å². The van der Waals surface area contributed by atoms with Crippen LogP contribution in [-0.4, -0.2) is 56.4 Å². The fraction of sp³-hybridized carbons (Fsp3) is 0.889. The number of carbonyl (C=O) groups is 1. The predicted molar refractivity (Wildman–Crippen MR) is 56.3 cm³/mol. The maximum atomic E-state index is 11.6. The highest BCUT2D eigenvalue weighted by molar-refractivity contribution is 7.91. The molecule has 1 amide bonds. The zero-order valence-electron chi connectivity index (χ0n) is 8.82. The van der Waals surface area contributed by atoms with E-state index >= 15 is 0 Å². The molecule has 1 unspecified atom stereocenters. The Kier molecular flexibility index (Phi) is 2.50. The number of hydrogen-bond donors (Lipinski definition) is 1. The van der Waals surface area contributed by atoms with Crippen LogP contribution in [0.1, 0.15) is 12.8 Å². The zero-order valence-corrected chi connectivity index (χ0v) is 9.64. The number of rotatable bonds is 0. The van der Waals surface area contributed by atoms with Crippen molar-refractivity contribution in [2.45, 2.75) is 18.4 Å². The number of sulfone groups is 1. The third-order valence-electron chi connectivity index (χ3n) is 3.39. The van der Waals surface area contributed by atoms with E-state index < -0.39 is 9.84 Å². The van der Waals surface area contributed by atoms with Gasteiger partial charge in [0.05, 0.1) is 23.6 Å². The highest BCUT2D eigenvalue weighted by atomic mass is 32.2. The lowest BCUT2D eigenvalue weighted by atomic mass is 9.91. The first-order valence-electron chi connectivity index (χ1n) is 5.12. The van der Waals surface area contributed by atoms with Gasteiger partial charge < -0.3 is 5.32 Å². The van der Waals surface area contributed by atoms with Gasteiger partial charge in [0.25, 0.3) is 0 Å². The lowest BCUT2D eigenvalue weighted by molar-refractivity contribution is -0.127. The Morgan fingerprint density at radius 2 is 2.20 bits per heavy atom. The molecule has 2 rings (SSSR count). The molecule has 6 heteroatoms. The lowest BCUT2D eigenvalue weighted by Crippen LogP contribution is -2.66. The number of nitrogens with zero attached hydrogens (tertiary/aromatic N) is 1. The van der Waals surface area contributed by atoms with E-state index in [1.54, 1.807) is 0 Å². The molecule has 0 aliphatic carbocycles. The maximum absolute atomic E-state index is 11.6. The fourth-order valence-corrected chi connectivity index (χ4v) is 4.47. The predicted octanol–water partition coefficient (Wildman–Crippen LogP) is -1.00. The number of likely N-dealkylation sites (N-methyl/N-ethyl adjacent to an activating group) is 1. The highest BCUT2D eigenvalue weighted by Gasteiger charge is 2.44. The largest absolute Gasteiger partial charge is 0.353 e. The van der Waals surface area contributed by atoms with Crippen molar-refractivity contribution in [3.8, 4) is 0 Å². The summed E-state index contributed by atoms with van der Waals surface area (Å²) in [4.78, 5) is 13.0. The molecule has 0 aromatic heterocycles. The van der Waals surface area contributed by atoms with Crippen LogP contribution in [0, 0.1) is 0 Å². The fourth-order valence-electron chi connectivity index (χ4n) is 2.45. The molecule has 0 aromatic carbocycles. The molecule has 1 N–H and O–H groups in total. The van der Waals surface area contributed by atoms with E-state index in [0.29, 0.717) is 19.5 Å². The minimum absolute atomic E-state index is 0.0221. The van der Waals surface area contributed by atoms with Gasteiger partial charge in [0.1, 0.15) is 0 Å². The van der Waals surface area contributed by atoms with E-state index in [-0.39, 0.29) is 23.0 Å². The van der Waals surface area contributed by atoms with Crippen molar-refractivity contribution in [1.29, 1.82) is 0 Å². The summed E-state index contributed by atoms with van der Waals surface area (Å²) in [5.41, 5.74) is -0.356. The van der Waals surface area contributed by atoms with Crippen LogP contribution in [0.15, 0.2) is 0 Å². The SMILES string of the molecule is CN1CC(=O)NCC12CCCS(=O)(=O)C2. The second-order valence-electron chi connectivity index (χ2n) is 4.55. The number of carbonyl (C=O) groups excluding carboxylic acids is 1.